The van der Waals surface area contributed by atoms with Crippen LogP contribution < -0.4 is 10.5 Å². The lowest BCUT2D eigenvalue weighted by molar-refractivity contribution is 0.0902. The Hall–Kier alpha value is -0.470. The van der Waals surface area contributed by atoms with E-state index in [1.165, 1.54) is 11.3 Å². The van der Waals surface area contributed by atoms with Gasteiger partial charge in [-0.3, -0.25) is 0 Å². The zero-order chi connectivity index (χ0) is 14.0. The third-order valence-corrected chi connectivity index (χ3v) is 6.60. The molecule has 0 amide bonds. The highest BCUT2D eigenvalue weighted by molar-refractivity contribution is 7.91. The average molecular weight is 304 g/mol. The van der Waals surface area contributed by atoms with Crippen LogP contribution in [0, 0.1) is 6.92 Å². The van der Waals surface area contributed by atoms with E-state index in [0.717, 1.165) is 23.3 Å². The van der Waals surface area contributed by atoms with E-state index in [-0.39, 0.29) is 12.1 Å². The van der Waals surface area contributed by atoms with E-state index < -0.39 is 10.0 Å². The van der Waals surface area contributed by atoms with Crippen molar-refractivity contribution < 1.29 is 13.2 Å². The second-order valence-electron chi connectivity index (χ2n) is 4.84. The number of nitrogens with two attached hydrogens (primary N) is 1. The molecule has 1 aliphatic heterocycles. The highest BCUT2D eigenvalue weighted by atomic mass is 32.2. The molecule has 0 radical (unpaired) electrons. The Balaban J connectivity index is 2.12. The summed E-state index contributed by atoms with van der Waals surface area (Å²) in [5.41, 5.74) is 6.51. The van der Waals surface area contributed by atoms with Gasteiger partial charge in [0.1, 0.15) is 4.21 Å². The topological polar surface area (TPSA) is 81.4 Å². The summed E-state index contributed by atoms with van der Waals surface area (Å²) in [6.07, 6.45) is 1.87. The molecular formula is C12H20N2O3S2. The summed E-state index contributed by atoms with van der Waals surface area (Å²) in [6, 6.07) is 1.47. The molecule has 0 saturated carbocycles. The van der Waals surface area contributed by atoms with E-state index in [1.54, 1.807) is 6.07 Å². The summed E-state index contributed by atoms with van der Waals surface area (Å²) in [5.74, 6) is 0. The standard InChI is InChI=1S/C12H20N2O3S2/c1-8-6-12(18-11(8)7-13)19(15,16)14-9(2)10-4-3-5-17-10/h6,9-10,14H,3-5,7,13H2,1-2H3. The minimum Gasteiger partial charge on any atom is -0.377 e. The molecule has 1 aromatic rings. The Bertz CT molecular complexity index is 533. The third kappa shape index (κ3) is 3.35. The molecule has 7 heteroatoms. The van der Waals surface area contributed by atoms with Gasteiger partial charge in [0.05, 0.1) is 6.10 Å². The van der Waals surface area contributed by atoms with Gasteiger partial charge in [-0.25, -0.2) is 13.1 Å². The van der Waals surface area contributed by atoms with E-state index in [1.807, 2.05) is 13.8 Å². The fourth-order valence-corrected chi connectivity index (χ4v) is 4.96. The van der Waals surface area contributed by atoms with Gasteiger partial charge < -0.3 is 10.5 Å². The molecule has 5 nitrogen and oxygen atoms in total. The lowest BCUT2D eigenvalue weighted by Crippen LogP contribution is -2.40. The Morgan fingerprint density at radius 1 is 1.63 bits per heavy atom. The van der Waals surface area contributed by atoms with Crippen LogP contribution in [0.5, 0.6) is 0 Å². The number of hydrogen-bond acceptors (Lipinski definition) is 5. The van der Waals surface area contributed by atoms with Crippen LogP contribution in [0.25, 0.3) is 0 Å². The lowest BCUT2D eigenvalue weighted by atomic mass is 10.1. The van der Waals surface area contributed by atoms with E-state index in [0.29, 0.717) is 17.4 Å². The van der Waals surface area contributed by atoms with E-state index in [4.69, 9.17) is 10.5 Å². The van der Waals surface area contributed by atoms with Crippen molar-refractivity contribution in [2.24, 2.45) is 5.73 Å². The Morgan fingerprint density at radius 2 is 2.37 bits per heavy atom. The molecule has 3 N–H and O–H groups in total. The third-order valence-electron chi connectivity index (χ3n) is 3.31. The average Bonchev–Trinajstić information content (AvgIpc) is 2.96. The number of aryl methyl sites for hydroxylation is 1. The zero-order valence-corrected chi connectivity index (χ0v) is 12.8. The molecule has 1 aromatic heterocycles. The highest BCUT2D eigenvalue weighted by Gasteiger charge is 2.28. The minimum absolute atomic E-state index is 0.0233. The summed E-state index contributed by atoms with van der Waals surface area (Å²) >= 11 is 1.23. The molecule has 19 heavy (non-hydrogen) atoms. The number of hydrogen-bond donors (Lipinski definition) is 2. The first-order valence-electron chi connectivity index (χ1n) is 6.37. The van der Waals surface area contributed by atoms with Crippen LogP contribution in [-0.2, 0) is 21.3 Å². The van der Waals surface area contributed by atoms with Crippen molar-refractivity contribution in [3.63, 3.8) is 0 Å². The van der Waals surface area contributed by atoms with Crippen molar-refractivity contribution in [1.82, 2.24) is 4.72 Å². The molecular weight excluding hydrogens is 284 g/mol. The monoisotopic (exact) mass is 304 g/mol. The maximum absolute atomic E-state index is 12.3. The van der Waals surface area contributed by atoms with Gasteiger partial charge in [0.15, 0.2) is 0 Å². The number of thiophene rings is 1. The molecule has 0 bridgehead atoms. The molecule has 0 spiro atoms. The fraction of sp³-hybridized carbons (Fsp3) is 0.667. The van der Waals surface area contributed by atoms with Gasteiger partial charge in [0, 0.05) is 24.1 Å². The SMILES string of the molecule is Cc1cc(S(=O)(=O)NC(C)C2CCCO2)sc1CN. The first kappa shape index (κ1) is 14.9. The summed E-state index contributed by atoms with van der Waals surface area (Å²) in [5, 5.41) is 0. The first-order chi connectivity index (χ1) is 8.94. The van der Waals surface area contributed by atoms with E-state index in [9.17, 15) is 8.42 Å². The molecule has 1 aliphatic rings. The summed E-state index contributed by atoms with van der Waals surface area (Å²) in [4.78, 5) is 0.908. The molecule has 0 aromatic carbocycles. The van der Waals surface area contributed by atoms with Crippen molar-refractivity contribution in [1.29, 1.82) is 0 Å². The van der Waals surface area contributed by atoms with Gasteiger partial charge in [-0.05, 0) is 38.3 Å². The second-order valence-corrected chi connectivity index (χ2v) is 7.91. The zero-order valence-electron chi connectivity index (χ0n) is 11.2. The predicted octanol–water partition coefficient (Wildman–Crippen LogP) is 1.36. The van der Waals surface area contributed by atoms with Crippen LogP contribution in [0.1, 0.15) is 30.2 Å². The fourth-order valence-electron chi connectivity index (χ4n) is 2.20. The maximum Gasteiger partial charge on any atom is 0.250 e. The van der Waals surface area contributed by atoms with Gasteiger partial charge in [0.2, 0.25) is 10.0 Å². The van der Waals surface area contributed by atoms with E-state index >= 15 is 0 Å². The molecule has 108 valence electrons. The maximum atomic E-state index is 12.3. The smallest absolute Gasteiger partial charge is 0.250 e. The number of ether oxygens (including phenoxy) is 1. The molecule has 2 rings (SSSR count). The van der Waals surface area contributed by atoms with Gasteiger partial charge in [-0.2, -0.15) is 0 Å². The Kier molecular flexibility index (Phi) is 4.62. The quantitative estimate of drug-likeness (QED) is 0.860. The van der Waals surface area contributed by atoms with Crippen LogP contribution in [0.15, 0.2) is 10.3 Å². The van der Waals surface area contributed by atoms with Crippen molar-refractivity contribution in [3.05, 3.63) is 16.5 Å². The van der Waals surface area contributed by atoms with Gasteiger partial charge in [-0.15, -0.1) is 11.3 Å². The summed E-state index contributed by atoms with van der Waals surface area (Å²) in [6.45, 7) is 4.80. The van der Waals surface area contributed by atoms with Crippen molar-refractivity contribution >= 4 is 21.4 Å². The van der Waals surface area contributed by atoms with Crippen molar-refractivity contribution in [2.45, 2.75) is 49.6 Å². The lowest BCUT2D eigenvalue weighted by Gasteiger charge is -2.19. The van der Waals surface area contributed by atoms with Crippen LogP contribution in [0.3, 0.4) is 0 Å². The van der Waals surface area contributed by atoms with Gasteiger partial charge in [-0.1, -0.05) is 0 Å². The highest BCUT2D eigenvalue weighted by Crippen LogP contribution is 2.26. The second kappa shape index (κ2) is 5.88. The molecule has 2 unspecified atom stereocenters. The molecule has 1 fully saturated rings. The largest absolute Gasteiger partial charge is 0.377 e. The van der Waals surface area contributed by atoms with Crippen LogP contribution in [0.2, 0.25) is 0 Å². The molecule has 2 atom stereocenters. The Morgan fingerprint density at radius 3 is 2.89 bits per heavy atom. The van der Waals surface area contributed by atoms with Crippen LogP contribution >= 0.6 is 11.3 Å². The minimum atomic E-state index is -3.48. The predicted molar refractivity (Wildman–Crippen MR) is 75.7 cm³/mol. The summed E-state index contributed by atoms with van der Waals surface area (Å²) in [7, 11) is -3.48. The van der Waals surface area contributed by atoms with Crippen LogP contribution in [-0.4, -0.2) is 27.2 Å². The van der Waals surface area contributed by atoms with Crippen molar-refractivity contribution in [2.75, 3.05) is 6.61 Å². The molecule has 0 aliphatic carbocycles. The molecule has 2 heterocycles. The molecule has 1 saturated heterocycles. The summed E-state index contributed by atoms with van der Waals surface area (Å²) < 4.78 is 33.1. The van der Waals surface area contributed by atoms with Gasteiger partial charge in [0.25, 0.3) is 0 Å². The van der Waals surface area contributed by atoms with Crippen molar-refractivity contribution in [3.8, 4) is 0 Å². The Labute approximate surface area is 118 Å². The first-order valence-corrected chi connectivity index (χ1v) is 8.67. The number of rotatable bonds is 5. The van der Waals surface area contributed by atoms with Crippen LogP contribution in [0.4, 0.5) is 0 Å². The van der Waals surface area contributed by atoms with E-state index in [2.05, 4.69) is 4.72 Å². The normalized spacial score (nSPS) is 21.7. The van der Waals surface area contributed by atoms with Gasteiger partial charge >= 0.3 is 0 Å². The number of sulfonamides is 1. The number of nitrogens with one attached hydrogen (secondary N) is 1.